The van der Waals surface area contributed by atoms with Gasteiger partial charge in [-0.25, -0.2) is 4.57 Å². The van der Waals surface area contributed by atoms with Crippen molar-refractivity contribution in [3.05, 3.63) is 0 Å². The van der Waals surface area contributed by atoms with Crippen molar-refractivity contribution in [3.63, 3.8) is 0 Å². The standard InChI is InChI=1S/C9H22O4P2/c1-6-9(7(2)3)14(8(4)5)13-15(10,11)12/h7-9H,6H2,1-5H3,(H2,10,11,12). The molecule has 0 rings (SSSR count). The van der Waals surface area contributed by atoms with E-state index in [1.54, 1.807) is 0 Å². The SMILES string of the molecule is CCC(C(C)C)P(OP(=O)(O)O)C(C)C. The van der Waals surface area contributed by atoms with E-state index in [0.29, 0.717) is 5.92 Å². The van der Waals surface area contributed by atoms with E-state index in [1.807, 2.05) is 20.8 Å². The molecule has 0 bridgehead atoms. The number of rotatable bonds is 6. The zero-order valence-corrected chi connectivity index (χ0v) is 11.8. The zero-order valence-electron chi connectivity index (χ0n) is 10.0. The Kier molecular flexibility index (Phi) is 6.55. The lowest BCUT2D eigenvalue weighted by molar-refractivity contribution is 0.289. The molecule has 0 heterocycles. The Labute approximate surface area is 93.5 Å². The molecule has 2 unspecified atom stereocenters. The highest BCUT2D eigenvalue weighted by molar-refractivity contribution is 7.64. The summed E-state index contributed by atoms with van der Waals surface area (Å²) in [6, 6.07) is 0. The first kappa shape index (κ1) is 15.5. The molecule has 0 spiro atoms. The third-order valence-corrected chi connectivity index (χ3v) is 6.46. The molecule has 0 aliphatic heterocycles. The quantitative estimate of drug-likeness (QED) is 0.715. The van der Waals surface area contributed by atoms with Crippen molar-refractivity contribution in [2.45, 2.75) is 52.4 Å². The lowest BCUT2D eigenvalue weighted by Gasteiger charge is -2.31. The van der Waals surface area contributed by atoms with Gasteiger partial charge >= 0.3 is 7.82 Å². The van der Waals surface area contributed by atoms with Crippen molar-refractivity contribution in [3.8, 4) is 0 Å². The predicted octanol–water partition coefficient (Wildman–Crippen LogP) is 3.34. The molecule has 0 aromatic heterocycles. The van der Waals surface area contributed by atoms with Gasteiger partial charge in [0, 0.05) is 13.8 Å². The van der Waals surface area contributed by atoms with Crippen LogP contribution in [0.3, 0.4) is 0 Å². The third kappa shape index (κ3) is 5.99. The van der Waals surface area contributed by atoms with E-state index in [0.717, 1.165) is 6.42 Å². The Morgan fingerprint density at radius 3 is 1.93 bits per heavy atom. The average molecular weight is 256 g/mol. The molecule has 6 heteroatoms. The van der Waals surface area contributed by atoms with E-state index in [-0.39, 0.29) is 11.3 Å². The van der Waals surface area contributed by atoms with Crippen molar-refractivity contribution >= 4 is 16.0 Å². The van der Waals surface area contributed by atoms with Crippen LogP contribution < -0.4 is 0 Å². The molecule has 0 radical (unpaired) electrons. The summed E-state index contributed by atoms with van der Waals surface area (Å²) in [6.07, 6.45) is 0.890. The van der Waals surface area contributed by atoms with E-state index >= 15 is 0 Å². The summed E-state index contributed by atoms with van der Waals surface area (Å²) < 4.78 is 15.8. The molecule has 0 fully saturated rings. The smallest absolute Gasteiger partial charge is 0.302 e. The minimum absolute atomic E-state index is 0.167. The van der Waals surface area contributed by atoms with Crippen molar-refractivity contribution in [1.82, 2.24) is 0 Å². The van der Waals surface area contributed by atoms with Crippen LogP contribution in [0, 0.1) is 5.92 Å². The Bertz CT molecular complexity index is 224. The summed E-state index contributed by atoms with van der Waals surface area (Å²) in [4.78, 5) is 17.7. The number of phosphoric acid groups is 1. The summed E-state index contributed by atoms with van der Waals surface area (Å²) in [5.74, 6) is 0.384. The molecule has 0 aromatic rings. The van der Waals surface area contributed by atoms with Crippen LogP contribution in [0.25, 0.3) is 0 Å². The number of hydrogen-bond acceptors (Lipinski definition) is 2. The first-order valence-electron chi connectivity index (χ1n) is 5.22. The summed E-state index contributed by atoms with van der Waals surface area (Å²) in [6.45, 7) is 10.1. The summed E-state index contributed by atoms with van der Waals surface area (Å²) in [5, 5.41) is 0. The normalized spacial score (nSPS) is 17.1. The van der Waals surface area contributed by atoms with Crippen LogP contribution in [0.2, 0.25) is 0 Å². The lowest BCUT2D eigenvalue weighted by atomic mass is 10.1. The summed E-state index contributed by atoms with van der Waals surface area (Å²) >= 11 is 0. The van der Waals surface area contributed by atoms with Gasteiger partial charge in [-0.1, -0.05) is 34.6 Å². The van der Waals surface area contributed by atoms with Crippen molar-refractivity contribution in [1.29, 1.82) is 0 Å². The third-order valence-electron chi connectivity index (χ3n) is 2.22. The summed E-state index contributed by atoms with van der Waals surface area (Å²) in [7, 11) is -5.43. The maximum absolute atomic E-state index is 10.9. The Morgan fingerprint density at radius 1 is 1.27 bits per heavy atom. The number of hydrogen-bond donors (Lipinski definition) is 2. The molecule has 15 heavy (non-hydrogen) atoms. The molecule has 4 nitrogen and oxygen atoms in total. The van der Waals surface area contributed by atoms with Gasteiger partial charge in [0.05, 0.1) is 0 Å². The fourth-order valence-corrected chi connectivity index (χ4v) is 5.54. The molecule has 0 amide bonds. The highest BCUT2D eigenvalue weighted by Gasteiger charge is 2.32. The van der Waals surface area contributed by atoms with Crippen molar-refractivity contribution < 1.29 is 18.7 Å². The van der Waals surface area contributed by atoms with E-state index in [9.17, 15) is 4.57 Å². The fraction of sp³-hybridized carbons (Fsp3) is 1.00. The van der Waals surface area contributed by atoms with Gasteiger partial charge in [-0.2, -0.15) is 0 Å². The van der Waals surface area contributed by atoms with Crippen molar-refractivity contribution in [2.24, 2.45) is 5.92 Å². The highest BCUT2D eigenvalue weighted by Crippen LogP contribution is 2.61. The van der Waals surface area contributed by atoms with Crippen LogP contribution in [0.1, 0.15) is 41.0 Å². The van der Waals surface area contributed by atoms with E-state index < -0.39 is 16.0 Å². The first-order valence-corrected chi connectivity index (χ1v) is 8.15. The maximum atomic E-state index is 10.9. The van der Waals surface area contributed by atoms with Crippen LogP contribution in [0.15, 0.2) is 0 Å². The molecule has 0 saturated heterocycles. The Hall–Kier alpha value is 0.540. The van der Waals surface area contributed by atoms with Crippen LogP contribution in [-0.4, -0.2) is 21.1 Å². The van der Waals surface area contributed by atoms with Crippen LogP contribution in [0.5, 0.6) is 0 Å². The minimum Gasteiger partial charge on any atom is -0.302 e. The van der Waals surface area contributed by atoms with E-state index in [2.05, 4.69) is 13.8 Å². The topological polar surface area (TPSA) is 66.8 Å². The molecule has 0 aromatic carbocycles. The molecule has 0 aliphatic carbocycles. The van der Waals surface area contributed by atoms with Gasteiger partial charge in [0.1, 0.15) is 0 Å². The lowest BCUT2D eigenvalue weighted by Crippen LogP contribution is -2.17. The second-order valence-electron chi connectivity index (χ2n) is 4.25. The van der Waals surface area contributed by atoms with Gasteiger partial charge < -0.3 is 9.79 Å². The second-order valence-corrected chi connectivity index (χ2v) is 8.30. The van der Waals surface area contributed by atoms with Gasteiger partial charge in [0.25, 0.3) is 0 Å². The maximum Gasteiger partial charge on any atom is 0.472 e. The second kappa shape index (κ2) is 6.32. The molecule has 0 aliphatic rings. The molecule has 2 atom stereocenters. The van der Waals surface area contributed by atoms with Gasteiger partial charge in [0.15, 0.2) is 0 Å². The molecular formula is C9H22O4P2. The monoisotopic (exact) mass is 256 g/mol. The highest BCUT2D eigenvalue weighted by atomic mass is 31.2. The molecule has 92 valence electrons. The Balaban J connectivity index is 4.71. The minimum atomic E-state index is -4.35. The van der Waals surface area contributed by atoms with E-state index in [1.165, 1.54) is 0 Å². The molecule has 2 N–H and O–H groups in total. The van der Waals surface area contributed by atoms with Gasteiger partial charge in [-0.15, -0.1) is 0 Å². The largest absolute Gasteiger partial charge is 0.472 e. The molecule has 0 saturated carbocycles. The Morgan fingerprint density at radius 2 is 1.73 bits per heavy atom. The van der Waals surface area contributed by atoms with Crippen molar-refractivity contribution in [2.75, 3.05) is 0 Å². The van der Waals surface area contributed by atoms with Crippen LogP contribution >= 0.6 is 16.0 Å². The first-order chi connectivity index (χ1) is 6.69. The predicted molar refractivity (Wildman–Crippen MR) is 64.1 cm³/mol. The van der Waals surface area contributed by atoms with Gasteiger partial charge in [-0.05, 0) is 18.0 Å². The average Bonchev–Trinajstić information content (AvgIpc) is 2.00. The van der Waals surface area contributed by atoms with Crippen LogP contribution in [-0.2, 0) is 8.88 Å². The van der Waals surface area contributed by atoms with Gasteiger partial charge in [-0.3, -0.25) is 4.31 Å². The fourth-order valence-electron chi connectivity index (χ4n) is 1.61. The van der Waals surface area contributed by atoms with Crippen LogP contribution in [0.4, 0.5) is 0 Å². The summed E-state index contributed by atoms with van der Waals surface area (Å²) in [5.41, 5.74) is 0.410. The molecular weight excluding hydrogens is 234 g/mol. The van der Waals surface area contributed by atoms with Gasteiger partial charge in [0.2, 0.25) is 0 Å². The van der Waals surface area contributed by atoms with E-state index in [4.69, 9.17) is 14.1 Å². The zero-order chi connectivity index (χ0) is 12.2.